The van der Waals surface area contributed by atoms with Crippen molar-refractivity contribution in [2.75, 3.05) is 11.9 Å². The maximum atomic E-state index is 12.4. The van der Waals surface area contributed by atoms with E-state index in [0.717, 1.165) is 47.9 Å². The lowest BCUT2D eigenvalue weighted by molar-refractivity contribution is -0.122. The summed E-state index contributed by atoms with van der Waals surface area (Å²) < 4.78 is 0. The molecule has 1 atom stereocenters. The van der Waals surface area contributed by atoms with Crippen LogP contribution in [0.5, 0.6) is 0 Å². The van der Waals surface area contributed by atoms with Crippen molar-refractivity contribution in [1.29, 1.82) is 0 Å². The molecule has 4 nitrogen and oxygen atoms in total. The van der Waals surface area contributed by atoms with Crippen LogP contribution >= 0.6 is 11.3 Å². The van der Waals surface area contributed by atoms with Crippen LogP contribution in [0.3, 0.4) is 0 Å². The predicted molar refractivity (Wildman–Crippen MR) is 75.1 cm³/mol. The highest BCUT2D eigenvalue weighted by atomic mass is 32.1. The van der Waals surface area contributed by atoms with Gasteiger partial charge in [0.2, 0.25) is 5.91 Å². The molecule has 18 heavy (non-hydrogen) atoms. The molecule has 0 spiro atoms. The third-order valence-electron chi connectivity index (χ3n) is 3.60. The molecule has 0 aromatic carbocycles. The number of aromatic nitrogens is 1. The van der Waals surface area contributed by atoms with E-state index in [1.54, 1.807) is 11.3 Å². The van der Waals surface area contributed by atoms with Gasteiger partial charge in [-0.15, -0.1) is 11.3 Å². The summed E-state index contributed by atoms with van der Waals surface area (Å²) in [4.78, 5) is 18.0. The number of rotatable bonds is 4. The standard InChI is InChI=1S/C13H21N3OS/c1-4-6-13(7-5-8-14-13)11(17)16-12-15-9(2)10(3)18-12/h14H,4-8H2,1-3H3,(H,15,16,17). The third-order valence-corrected chi connectivity index (χ3v) is 4.59. The molecule has 2 N–H and O–H groups in total. The van der Waals surface area contributed by atoms with Gasteiger partial charge in [-0.25, -0.2) is 4.98 Å². The lowest BCUT2D eigenvalue weighted by atomic mass is 9.91. The fourth-order valence-electron chi connectivity index (χ4n) is 2.50. The quantitative estimate of drug-likeness (QED) is 0.881. The molecule has 1 unspecified atom stereocenters. The highest BCUT2D eigenvalue weighted by Gasteiger charge is 2.40. The molecule has 100 valence electrons. The topological polar surface area (TPSA) is 54.0 Å². The second-order valence-corrected chi connectivity index (χ2v) is 6.18. The lowest BCUT2D eigenvalue weighted by Crippen LogP contribution is -2.50. The van der Waals surface area contributed by atoms with E-state index in [2.05, 4.69) is 22.5 Å². The molecule has 1 aromatic rings. The first kappa shape index (κ1) is 13.5. The Kier molecular flexibility index (Phi) is 4.02. The molecule has 1 fully saturated rings. The van der Waals surface area contributed by atoms with Crippen LogP contribution in [0.2, 0.25) is 0 Å². The summed E-state index contributed by atoms with van der Waals surface area (Å²) in [6.45, 7) is 7.05. The third kappa shape index (κ3) is 2.57. The fourth-order valence-corrected chi connectivity index (χ4v) is 3.31. The van der Waals surface area contributed by atoms with Crippen LogP contribution in [0.15, 0.2) is 0 Å². The van der Waals surface area contributed by atoms with Crippen molar-refractivity contribution in [3.05, 3.63) is 10.6 Å². The van der Waals surface area contributed by atoms with E-state index in [0.29, 0.717) is 0 Å². The van der Waals surface area contributed by atoms with Crippen molar-refractivity contribution in [2.45, 2.75) is 52.0 Å². The number of hydrogen-bond acceptors (Lipinski definition) is 4. The van der Waals surface area contributed by atoms with E-state index in [9.17, 15) is 4.79 Å². The van der Waals surface area contributed by atoms with Crippen LogP contribution in [0, 0.1) is 13.8 Å². The number of nitrogens with one attached hydrogen (secondary N) is 2. The molecule has 1 saturated heterocycles. The number of thiazole rings is 1. The van der Waals surface area contributed by atoms with Gasteiger partial charge in [0.1, 0.15) is 0 Å². The summed E-state index contributed by atoms with van der Waals surface area (Å²) in [7, 11) is 0. The first-order valence-corrected chi connectivity index (χ1v) is 7.39. The van der Waals surface area contributed by atoms with Crippen LogP contribution in [-0.2, 0) is 4.79 Å². The summed E-state index contributed by atoms with van der Waals surface area (Å²) in [6, 6.07) is 0. The number of anilines is 1. The van der Waals surface area contributed by atoms with Crippen LogP contribution in [0.4, 0.5) is 5.13 Å². The van der Waals surface area contributed by atoms with E-state index in [1.807, 2.05) is 13.8 Å². The number of amides is 1. The molecular formula is C13H21N3OS. The maximum absolute atomic E-state index is 12.4. The normalized spacial score (nSPS) is 23.3. The summed E-state index contributed by atoms with van der Waals surface area (Å²) in [5.74, 6) is 0.0793. The van der Waals surface area contributed by atoms with Gasteiger partial charge in [-0.05, 0) is 39.7 Å². The molecule has 0 bridgehead atoms. The zero-order valence-electron chi connectivity index (χ0n) is 11.3. The Morgan fingerprint density at radius 1 is 1.56 bits per heavy atom. The van der Waals surface area contributed by atoms with Gasteiger partial charge in [0.15, 0.2) is 5.13 Å². The second-order valence-electron chi connectivity index (χ2n) is 4.98. The molecule has 0 radical (unpaired) electrons. The first-order valence-electron chi connectivity index (χ1n) is 6.58. The number of aryl methyl sites for hydroxylation is 2. The highest BCUT2D eigenvalue weighted by molar-refractivity contribution is 7.15. The Morgan fingerprint density at radius 3 is 2.83 bits per heavy atom. The average Bonchev–Trinajstić information content (AvgIpc) is 2.89. The molecular weight excluding hydrogens is 246 g/mol. The minimum absolute atomic E-state index is 0.0793. The number of nitrogens with zero attached hydrogens (tertiary/aromatic N) is 1. The van der Waals surface area contributed by atoms with Crippen molar-refractivity contribution in [1.82, 2.24) is 10.3 Å². The van der Waals surface area contributed by atoms with E-state index >= 15 is 0 Å². The van der Waals surface area contributed by atoms with Crippen LogP contribution < -0.4 is 10.6 Å². The van der Waals surface area contributed by atoms with Crippen molar-refractivity contribution >= 4 is 22.4 Å². The Balaban J connectivity index is 2.10. The van der Waals surface area contributed by atoms with Gasteiger partial charge in [-0.3, -0.25) is 4.79 Å². The number of carbonyl (C=O) groups excluding carboxylic acids is 1. The first-order chi connectivity index (χ1) is 8.57. The minimum Gasteiger partial charge on any atom is -0.303 e. The molecule has 5 heteroatoms. The van der Waals surface area contributed by atoms with Crippen LogP contribution in [0.1, 0.15) is 43.2 Å². The summed E-state index contributed by atoms with van der Waals surface area (Å²) in [6.07, 6.45) is 3.90. The Hall–Kier alpha value is -0.940. The van der Waals surface area contributed by atoms with Gasteiger partial charge in [-0.2, -0.15) is 0 Å². The molecule has 0 aliphatic carbocycles. The highest BCUT2D eigenvalue weighted by Crippen LogP contribution is 2.28. The maximum Gasteiger partial charge on any atom is 0.246 e. The van der Waals surface area contributed by atoms with Gasteiger partial charge in [0.05, 0.1) is 11.2 Å². The van der Waals surface area contributed by atoms with Crippen LogP contribution in [-0.4, -0.2) is 23.0 Å². The smallest absolute Gasteiger partial charge is 0.246 e. The average molecular weight is 267 g/mol. The van der Waals surface area contributed by atoms with Crippen molar-refractivity contribution < 1.29 is 4.79 Å². The molecule has 2 rings (SSSR count). The Labute approximate surface area is 112 Å². The largest absolute Gasteiger partial charge is 0.303 e. The van der Waals surface area contributed by atoms with Crippen molar-refractivity contribution in [2.24, 2.45) is 0 Å². The molecule has 0 saturated carbocycles. The zero-order chi connectivity index (χ0) is 13.2. The van der Waals surface area contributed by atoms with Gasteiger partial charge < -0.3 is 10.6 Å². The number of carbonyl (C=O) groups is 1. The fraction of sp³-hybridized carbons (Fsp3) is 0.692. The van der Waals surface area contributed by atoms with Gasteiger partial charge in [0, 0.05) is 4.88 Å². The second kappa shape index (κ2) is 5.36. The van der Waals surface area contributed by atoms with E-state index in [1.165, 1.54) is 0 Å². The van der Waals surface area contributed by atoms with E-state index in [4.69, 9.17) is 0 Å². The Morgan fingerprint density at radius 2 is 2.33 bits per heavy atom. The summed E-state index contributed by atoms with van der Waals surface area (Å²) in [5, 5.41) is 7.08. The predicted octanol–water partition coefficient (Wildman–Crippen LogP) is 2.62. The van der Waals surface area contributed by atoms with E-state index < -0.39 is 0 Å². The van der Waals surface area contributed by atoms with Crippen molar-refractivity contribution in [3.63, 3.8) is 0 Å². The minimum atomic E-state index is -0.373. The van der Waals surface area contributed by atoms with Gasteiger partial charge in [0.25, 0.3) is 0 Å². The van der Waals surface area contributed by atoms with Crippen molar-refractivity contribution in [3.8, 4) is 0 Å². The zero-order valence-corrected chi connectivity index (χ0v) is 12.1. The monoisotopic (exact) mass is 267 g/mol. The SMILES string of the molecule is CCCC1(C(=O)Nc2nc(C)c(C)s2)CCCN1. The lowest BCUT2D eigenvalue weighted by Gasteiger charge is -2.27. The van der Waals surface area contributed by atoms with E-state index in [-0.39, 0.29) is 11.4 Å². The molecule has 1 aliphatic heterocycles. The number of hydrogen-bond donors (Lipinski definition) is 2. The van der Waals surface area contributed by atoms with Gasteiger partial charge >= 0.3 is 0 Å². The molecule has 1 aromatic heterocycles. The van der Waals surface area contributed by atoms with Gasteiger partial charge in [-0.1, -0.05) is 13.3 Å². The Bertz CT molecular complexity index is 416. The molecule has 1 aliphatic rings. The summed E-state index contributed by atoms with van der Waals surface area (Å²) >= 11 is 1.55. The van der Waals surface area contributed by atoms with Crippen LogP contribution in [0.25, 0.3) is 0 Å². The molecule has 1 amide bonds. The molecule has 2 heterocycles. The summed E-state index contributed by atoms with van der Waals surface area (Å²) in [5.41, 5.74) is 0.626.